The summed E-state index contributed by atoms with van der Waals surface area (Å²) < 4.78 is 1.12. The van der Waals surface area contributed by atoms with E-state index in [1.807, 2.05) is 12.1 Å². The lowest BCUT2D eigenvalue weighted by Gasteiger charge is -1.87. The van der Waals surface area contributed by atoms with Crippen molar-refractivity contribution in [3.05, 3.63) is 28.2 Å². The zero-order valence-electron chi connectivity index (χ0n) is 7.37. The van der Waals surface area contributed by atoms with Crippen molar-refractivity contribution in [1.82, 2.24) is 4.98 Å². The maximum Gasteiger partial charge on any atom is 0.129 e. The van der Waals surface area contributed by atoms with Crippen LogP contribution < -0.4 is 0 Å². The molecule has 0 amide bonds. The third kappa shape index (κ3) is 1.94. The molecular formula is C10H8ClNOS. The Morgan fingerprint density at radius 3 is 3.14 bits per heavy atom. The van der Waals surface area contributed by atoms with Crippen LogP contribution in [-0.2, 0) is 11.2 Å². The van der Waals surface area contributed by atoms with Crippen molar-refractivity contribution in [1.29, 1.82) is 0 Å². The van der Waals surface area contributed by atoms with Crippen LogP contribution >= 0.6 is 22.9 Å². The van der Waals surface area contributed by atoms with Crippen molar-refractivity contribution in [2.75, 3.05) is 0 Å². The number of halogens is 1. The van der Waals surface area contributed by atoms with Gasteiger partial charge in [-0.1, -0.05) is 11.6 Å². The number of pyridine rings is 1. The molecule has 2 aromatic rings. The highest BCUT2D eigenvalue weighted by Gasteiger charge is 2.02. The fourth-order valence-electron chi connectivity index (χ4n) is 1.27. The molecule has 0 spiro atoms. The third-order valence-corrected chi connectivity index (χ3v) is 3.26. The summed E-state index contributed by atoms with van der Waals surface area (Å²) in [5.41, 5.74) is 0.920. The number of thiophene rings is 1. The summed E-state index contributed by atoms with van der Waals surface area (Å²) in [6.45, 7) is 0. The molecule has 0 radical (unpaired) electrons. The molecule has 4 heteroatoms. The Morgan fingerprint density at radius 2 is 2.36 bits per heavy atom. The summed E-state index contributed by atoms with van der Waals surface area (Å²) in [5.74, 6) is 0. The lowest BCUT2D eigenvalue weighted by Crippen LogP contribution is -1.79. The Bertz CT molecular complexity index is 466. The lowest BCUT2D eigenvalue weighted by atomic mass is 10.3. The predicted molar refractivity (Wildman–Crippen MR) is 59.0 cm³/mol. The van der Waals surface area contributed by atoms with Gasteiger partial charge in [-0.05, 0) is 24.6 Å². The van der Waals surface area contributed by atoms with Crippen LogP contribution in [0.1, 0.15) is 11.3 Å². The van der Waals surface area contributed by atoms with Crippen LogP contribution in [0.25, 0.3) is 10.2 Å². The fraction of sp³-hybridized carbons (Fsp3) is 0.200. The molecule has 0 aliphatic heterocycles. The standard InChI is InChI=1S/C10H8ClNOS/c11-10-4-3-9-8(12-10)6-7(14-9)2-1-5-13/h3-6H,1-2H2. The summed E-state index contributed by atoms with van der Waals surface area (Å²) in [6, 6.07) is 5.74. The van der Waals surface area contributed by atoms with Gasteiger partial charge in [0.05, 0.1) is 10.2 Å². The largest absolute Gasteiger partial charge is 0.303 e. The molecule has 2 aromatic heterocycles. The van der Waals surface area contributed by atoms with E-state index < -0.39 is 0 Å². The molecule has 0 aliphatic rings. The van der Waals surface area contributed by atoms with E-state index in [2.05, 4.69) is 4.98 Å². The van der Waals surface area contributed by atoms with Gasteiger partial charge in [0.2, 0.25) is 0 Å². The van der Waals surface area contributed by atoms with Gasteiger partial charge in [-0.15, -0.1) is 11.3 Å². The van der Waals surface area contributed by atoms with Gasteiger partial charge < -0.3 is 4.79 Å². The van der Waals surface area contributed by atoms with Crippen molar-refractivity contribution in [2.45, 2.75) is 12.8 Å². The summed E-state index contributed by atoms with van der Waals surface area (Å²) >= 11 is 7.44. The Hall–Kier alpha value is -0.930. The first-order valence-electron chi connectivity index (χ1n) is 4.28. The van der Waals surface area contributed by atoms with Crippen molar-refractivity contribution in [3.8, 4) is 0 Å². The number of aryl methyl sites for hydroxylation is 1. The van der Waals surface area contributed by atoms with E-state index in [1.54, 1.807) is 17.4 Å². The minimum Gasteiger partial charge on any atom is -0.303 e. The van der Waals surface area contributed by atoms with E-state index in [4.69, 9.17) is 11.6 Å². The van der Waals surface area contributed by atoms with Gasteiger partial charge in [0.1, 0.15) is 11.4 Å². The maximum absolute atomic E-state index is 10.2. The van der Waals surface area contributed by atoms with E-state index in [1.165, 1.54) is 4.88 Å². The average molecular weight is 226 g/mol. The van der Waals surface area contributed by atoms with Crippen LogP contribution in [-0.4, -0.2) is 11.3 Å². The van der Waals surface area contributed by atoms with Crippen molar-refractivity contribution < 1.29 is 4.79 Å². The molecule has 2 heterocycles. The minimum atomic E-state index is 0.511. The SMILES string of the molecule is O=CCCc1cc2nc(Cl)ccc2s1. The molecule has 72 valence electrons. The van der Waals surface area contributed by atoms with Crippen molar-refractivity contribution >= 4 is 39.4 Å². The van der Waals surface area contributed by atoms with Gasteiger partial charge in [0.15, 0.2) is 0 Å². The monoisotopic (exact) mass is 225 g/mol. The normalized spacial score (nSPS) is 10.6. The van der Waals surface area contributed by atoms with E-state index in [0.29, 0.717) is 11.6 Å². The molecule has 0 bridgehead atoms. The summed E-state index contributed by atoms with van der Waals surface area (Å²) in [5, 5.41) is 0.511. The molecule has 0 saturated heterocycles. The molecule has 0 N–H and O–H groups in total. The molecule has 0 aromatic carbocycles. The third-order valence-electron chi connectivity index (χ3n) is 1.90. The van der Waals surface area contributed by atoms with Crippen LogP contribution in [0.15, 0.2) is 18.2 Å². The molecule has 0 saturated carbocycles. The average Bonchev–Trinajstić information content (AvgIpc) is 2.56. The lowest BCUT2D eigenvalue weighted by molar-refractivity contribution is -0.107. The van der Waals surface area contributed by atoms with Gasteiger partial charge in [-0.25, -0.2) is 4.98 Å². The van der Waals surface area contributed by atoms with Gasteiger partial charge >= 0.3 is 0 Å². The first-order chi connectivity index (χ1) is 6.79. The smallest absolute Gasteiger partial charge is 0.129 e. The molecule has 0 atom stereocenters. The number of carbonyl (C=O) groups is 1. The van der Waals surface area contributed by atoms with Gasteiger partial charge in [0.25, 0.3) is 0 Å². The summed E-state index contributed by atoms with van der Waals surface area (Å²) in [7, 11) is 0. The molecule has 0 aliphatic carbocycles. The predicted octanol–water partition coefficient (Wildman–Crippen LogP) is 3.08. The number of carbonyl (C=O) groups excluding carboxylic acids is 1. The second-order valence-electron chi connectivity index (χ2n) is 2.94. The first-order valence-corrected chi connectivity index (χ1v) is 5.47. The van der Waals surface area contributed by atoms with E-state index >= 15 is 0 Å². The van der Waals surface area contributed by atoms with Crippen LogP contribution in [0.5, 0.6) is 0 Å². The number of nitrogens with zero attached hydrogens (tertiary/aromatic N) is 1. The van der Waals surface area contributed by atoms with Crippen molar-refractivity contribution in [2.24, 2.45) is 0 Å². The molecule has 14 heavy (non-hydrogen) atoms. The second kappa shape index (κ2) is 4.07. The van der Waals surface area contributed by atoms with Crippen LogP contribution in [0.3, 0.4) is 0 Å². The van der Waals surface area contributed by atoms with E-state index in [0.717, 1.165) is 22.9 Å². The maximum atomic E-state index is 10.2. The number of aromatic nitrogens is 1. The number of rotatable bonds is 3. The fourth-order valence-corrected chi connectivity index (χ4v) is 2.45. The summed E-state index contributed by atoms with van der Waals surface area (Å²) in [6.07, 6.45) is 2.30. The first kappa shape index (κ1) is 9.62. The Kier molecular flexibility index (Phi) is 2.79. The van der Waals surface area contributed by atoms with Crippen molar-refractivity contribution in [3.63, 3.8) is 0 Å². The minimum absolute atomic E-state index is 0.511. The number of fused-ring (bicyclic) bond motifs is 1. The Labute approximate surface area is 90.5 Å². The highest BCUT2D eigenvalue weighted by molar-refractivity contribution is 7.19. The molecular weight excluding hydrogens is 218 g/mol. The zero-order valence-corrected chi connectivity index (χ0v) is 8.94. The highest BCUT2D eigenvalue weighted by Crippen LogP contribution is 2.26. The Balaban J connectivity index is 2.36. The molecule has 0 fully saturated rings. The van der Waals surface area contributed by atoms with Gasteiger partial charge in [-0.2, -0.15) is 0 Å². The topological polar surface area (TPSA) is 30.0 Å². The number of hydrogen-bond acceptors (Lipinski definition) is 3. The molecule has 2 nitrogen and oxygen atoms in total. The van der Waals surface area contributed by atoms with Gasteiger partial charge in [-0.3, -0.25) is 0 Å². The zero-order chi connectivity index (χ0) is 9.97. The number of hydrogen-bond donors (Lipinski definition) is 0. The molecule has 2 rings (SSSR count). The van der Waals surface area contributed by atoms with Crippen LogP contribution in [0.4, 0.5) is 0 Å². The summed E-state index contributed by atoms with van der Waals surface area (Å²) in [4.78, 5) is 15.6. The molecule has 0 unspecified atom stereocenters. The van der Waals surface area contributed by atoms with Crippen LogP contribution in [0.2, 0.25) is 5.15 Å². The quantitative estimate of drug-likeness (QED) is 0.594. The van der Waals surface area contributed by atoms with Gasteiger partial charge in [0, 0.05) is 11.3 Å². The van der Waals surface area contributed by atoms with E-state index in [9.17, 15) is 4.79 Å². The Morgan fingerprint density at radius 1 is 1.50 bits per heavy atom. The number of aldehydes is 1. The highest BCUT2D eigenvalue weighted by atomic mass is 35.5. The van der Waals surface area contributed by atoms with E-state index in [-0.39, 0.29) is 0 Å². The van der Waals surface area contributed by atoms with Crippen LogP contribution in [0, 0.1) is 0 Å². The second-order valence-corrected chi connectivity index (χ2v) is 4.49.